The van der Waals surface area contributed by atoms with Gasteiger partial charge in [-0.2, -0.15) is 26.3 Å². The van der Waals surface area contributed by atoms with Crippen LogP contribution in [0.5, 0.6) is 0 Å². The number of hydrogen-bond donors (Lipinski definition) is 1. The number of para-hydroxylation sites is 1. The van der Waals surface area contributed by atoms with Gasteiger partial charge >= 0.3 is 12.4 Å². The van der Waals surface area contributed by atoms with Crippen LogP contribution in [0.2, 0.25) is 0 Å². The second kappa shape index (κ2) is 10.1. The Morgan fingerprint density at radius 2 is 1.36 bits per heavy atom. The largest absolute Gasteiger partial charge is 0.416 e. The number of carbonyl (C=O) groups excluding carboxylic acids is 1. The second-order valence-corrected chi connectivity index (χ2v) is 8.42. The SMILES string of the molecule is O=C(CSc1nnc(-c2ccccc2)n1-c1ccccc1)Nc1cc(C(F)(F)F)cc(C(F)(F)F)c1. The summed E-state index contributed by atoms with van der Waals surface area (Å²) in [4.78, 5) is 12.5. The Bertz CT molecular complexity index is 1320. The van der Waals surface area contributed by atoms with Crippen LogP contribution in [0.3, 0.4) is 0 Å². The molecule has 1 N–H and O–H groups in total. The van der Waals surface area contributed by atoms with Crippen molar-refractivity contribution in [2.75, 3.05) is 11.1 Å². The molecule has 1 amide bonds. The van der Waals surface area contributed by atoms with E-state index >= 15 is 0 Å². The average Bonchev–Trinajstić information content (AvgIpc) is 3.26. The highest BCUT2D eigenvalue weighted by molar-refractivity contribution is 7.99. The van der Waals surface area contributed by atoms with E-state index in [2.05, 4.69) is 15.5 Å². The van der Waals surface area contributed by atoms with Gasteiger partial charge < -0.3 is 5.32 Å². The molecule has 0 aliphatic heterocycles. The van der Waals surface area contributed by atoms with Crippen LogP contribution >= 0.6 is 11.8 Å². The molecule has 36 heavy (non-hydrogen) atoms. The van der Waals surface area contributed by atoms with E-state index in [1.807, 2.05) is 36.4 Å². The van der Waals surface area contributed by atoms with E-state index in [0.717, 1.165) is 17.3 Å². The molecule has 12 heteroatoms. The minimum Gasteiger partial charge on any atom is -0.325 e. The average molecular weight is 522 g/mol. The fraction of sp³-hybridized carbons (Fsp3) is 0.125. The Morgan fingerprint density at radius 1 is 0.806 bits per heavy atom. The number of hydrogen-bond acceptors (Lipinski definition) is 4. The van der Waals surface area contributed by atoms with Crippen LogP contribution in [0.15, 0.2) is 84.0 Å². The molecule has 0 saturated heterocycles. The maximum Gasteiger partial charge on any atom is 0.416 e. The minimum atomic E-state index is -5.02. The molecule has 1 heterocycles. The van der Waals surface area contributed by atoms with Crippen LogP contribution < -0.4 is 5.32 Å². The van der Waals surface area contributed by atoms with Crippen LogP contribution in [0.4, 0.5) is 32.0 Å². The van der Waals surface area contributed by atoms with E-state index in [9.17, 15) is 31.1 Å². The third kappa shape index (κ3) is 5.88. The highest BCUT2D eigenvalue weighted by Gasteiger charge is 2.37. The van der Waals surface area contributed by atoms with Crippen molar-refractivity contribution in [3.8, 4) is 17.1 Å². The first kappa shape index (κ1) is 25.3. The highest BCUT2D eigenvalue weighted by atomic mass is 32.2. The summed E-state index contributed by atoms with van der Waals surface area (Å²) in [5.41, 5.74) is -2.18. The van der Waals surface area contributed by atoms with Crippen molar-refractivity contribution in [2.24, 2.45) is 0 Å². The van der Waals surface area contributed by atoms with Crippen molar-refractivity contribution >= 4 is 23.4 Å². The van der Waals surface area contributed by atoms with Crippen molar-refractivity contribution in [2.45, 2.75) is 17.5 Å². The molecule has 0 atom stereocenters. The maximum absolute atomic E-state index is 13.1. The number of alkyl halides is 6. The molecule has 0 bridgehead atoms. The van der Waals surface area contributed by atoms with Gasteiger partial charge in [-0.3, -0.25) is 9.36 Å². The quantitative estimate of drug-likeness (QED) is 0.226. The fourth-order valence-electron chi connectivity index (χ4n) is 3.30. The van der Waals surface area contributed by atoms with Gasteiger partial charge in [0.15, 0.2) is 11.0 Å². The lowest BCUT2D eigenvalue weighted by Crippen LogP contribution is -2.17. The molecule has 186 valence electrons. The van der Waals surface area contributed by atoms with Crippen LogP contribution in [0, 0.1) is 0 Å². The van der Waals surface area contributed by atoms with E-state index in [1.54, 1.807) is 28.8 Å². The van der Waals surface area contributed by atoms with Gasteiger partial charge in [0.1, 0.15) is 0 Å². The van der Waals surface area contributed by atoms with Crippen molar-refractivity contribution in [3.63, 3.8) is 0 Å². The third-order valence-electron chi connectivity index (χ3n) is 4.88. The smallest absolute Gasteiger partial charge is 0.325 e. The summed E-state index contributed by atoms with van der Waals surface area (Å²) in [5, 5.41) is 10.8. The summed E-state index contributed by atoms with van der Waals surface area (Å²) in [6.07, 6.45) is -10.0. The van der Waals surface area contributed by atoms with E-state index in [0.29, 0.717) is 28.8 Å². The van der Waals surface area contributed by atoms with Crippen molar-refractivity contribution < 1.29 is 31.1 Å². The first-order chi connectivity index (χ1) is 17.0. The highest BCUT2D eigenvalue weighted by Crippen LogP contribution is 2.37. The molecule has 3 aromatic carbocycles. The van der Waals surface area contributed by atoms with Gasteiger partial charge in [0.25, 0.3) is 0 Å². The molecule has 0 fully saturated rings. The number of carbonyl (C=O) groups is 1. The second-order valence-electron chi connectivity index (χ2n) is 7.47. The molecule has 4 aromatic rings. The van der Waals surface area contributed by atoms with Gasteiger partial charge in [-0.1, -0.05) is 60.3 Å². The molecule has 0 radical (unpaired) electrons. The summed E-state index contributed by atoms with van der Waals surface area (Å²) in [5.74, 6) is -0.647. The van der Waals surface area contributed by atoms with Gasteiger partial charge in [0, 0.05) is 16.9 Å². The summed E-state index contributed by atoms with van der Waals surface area (Å²) < 4.78 is 80.2. The standard InChI is InChI=1S/C24H16F6N4OS/c25-23(26,27)16-11-17(24(28,29)30)13-18(12-16)31-20(35)14-36-22-33-32-21(15-7-3-1-4-8-15)34(22)19-9-5-2-6-10-19/h1-13H,14H2,(H,31,35). The van der Waals surface area contributed by atoms with Crippen LogP contribution in [0.1, 0.15) is 11.1 Å². The van der Waals surface area contributed by atoms with Crippen LogP contribution in [0.25, 0.3) is 17.1 Å². The van der Waals surface area contributed by atoms with E-state index in [1.165, 1.54) is 0 Å². The van der Waals surface area contributed by atoms with Crippen molar-refractivity contribution in [3.05, 3.63) is 90.0 Å². The Hall–Kier alpha value is -3.80. The molecule has 0 spiro atoms. The molecule has 4 rings (SSSR count). The predicted octanol–water partition coefficient (Wildman–Crippen LogP) is 6.70. The molecule has 0 unspecified atom stereocenters. The lowest BCUT2D eigenvalue weighted by molar-refractivity contribution is -0.143. The number of halogens is 6. The van der Waals surface area contributed by atoms with Gasteiger partial charge in [0.05, 0.1) is 16.9 Å². The molecule has 5 nitrogen and oxygen atoms in total. The summed E-state index contributed by atoms with van der Waals surface area (Å²) >= 11 is 0.937. The lowest BCUT2D eigenvalue weighted by atomic mass is 10.1. The number of rotatable bonds is 6. The molecule has 0 saturated carbocycles. The first-order valence-corrected chi connectivity index (χ1v) is 11.3. The van der Waals surface area contributed by atoms with Gasteiger partial charge in [-0.05, 0) is 30.3 Å². The number of aromatic nitrogens is 3. The minimum absolute atomic E-state index is 0.00213. The molecular weight excluding hydrogens is 506 g/mol. The Labute approximate surface area is 205 Å². The first-order valence-electron chi connectivity index (χ1n) is 10.3. The van der Waals surface area contributed by atoms with Gasteiger partial charge in [-0.15, -0.1) is 10.2 Å². The van der Waals surface area contributed by atoms with Gasteiger partial charge in [0.2, 0.25) is 5.91 Å². The molecule has 1 aromatic heterocycles. The monoisotopic (exact) mass is 522 g/mol. The number of nitrogens with zero attached hydrogens (tertiary/aromatic N) is 3. The summed E-state index contributed by atoms with van der Waals surface area (Å²) in [7, 11) is 0. The topological polar surface area (TPSA) is 59.8 Å². The Kier molecular flexibility index (Phi) is 7.07. The summed E-state index contributed by atoms with van der Waals surface area (Å²) in [6.45, 7) is 0. The van der Waals surface area contributed by atoms with Crippen LogP contribution in [-0.2, 0) is 17.1 Å². The van der Waals surface area contributed by atoms with Gasteiger partial charge in [-0.25, -0.2) is 0 Å². The van der Waals surface area contributed by atoms with Crippen molar-refractivity contribution in [1.82, 2.24) is 14.8 Å². The fourth-order valence-corrected chi connectivity index (χ4v) is 4.05. The maximum atomic E-state index is 13.1. The Morgan fingerprint density at radius 3 is 1.92 bits per heavy atom. The zero-order valence-corrected chi connectivity index (χ0v) is 19.0. The molecular formula is C24H16F6N4OS. The molecule has 0 aliphatic rings. The summed E-state index contributed by atoms with van der Waals surface area (Å²) in [6, 6.07) is 19.1. The lowest BCUT2D eigenvalue weighted by Gasteiger charge is -2.15. The normalized spacial score (nSPS) is 11.9. The zero-order valence-electron chi connectivity index (χ0n) is 18.1. The number of amides is 1. The van der Waals surface area contributed by atoms with E-state index in [4.69, 9.17) is 0 Å². The van der Waals surface area contributed by atoms with Crippen molar-refractivity contribution in [1.29, 1.82) is 0 Å². The number of thioether (sulfide) groups is 1. The Balaban J connectivity index is 1.58. The number of anilines is 1. The number of nitrogens with one attached hydrogen (secondary N) is 1. The zero-order chi connectivity index (χ0) is 25.9. The number of benzene rings is 3. The predicted molar refractivity (Wildman–Crippen MR) is 123 cm³/mol. The molecule has 0 aliphatic carbocycles. The van der Waals surface area contributed by atoms with Crippen LogP contribution in [-0.4, -0.2) is 26.4 Å². The third-order valence-corrected chi connectivity index (χ3v) is 5.81. The van der Waals surface area contributed by atoms with E-state index < -0.39 is 35.1 Å². The van der Waals surface area contributed by atoms with E-state index in [-0.39, 0.29) is 11.8 Å².